The zero-order valence-corrected chi connectivity index (χ0v) is 29.1. The molecule has 0 aliphatic heterocycles. The summed E-state index contributed by atoms with van der Waals surface area (Å²) in [4.78, 5) is 0. The second-order valence-electron chi connectivity index (χ2n) is 12.3. The summed E-state index contributed by atoms with van der Waals surface area (Å²) in [7, 11) is -2.90. The van der Waals surface area contributed by atoms with Crippen LogP contribution in [0.5, 0.6) is 0 Å². The van der Waals surface area contributed by atoms with Gasteiger partial charge < -0.3 is 0 Å². The summed E-state index contributed by atoms with van der Waals surface area (Å²) in [6, 6.07) is 48.3. The zero-order valence-electron chi connectivity index (χ0n) is 26.0. The predicted octanol–water partition coefficient (Wildman–Crippen LogP) is 7.15. The van der Waals surface area contributed by atoms with E-state index >= 15 is 13.2 Å². The van der Waals surface area contributed by atoms with E-state index < -0.39 is 32.2 Å². The molecule has 6 heteroatoms. The third-order valence-electron chi connectivity index (χ3n) is 8.53. The van der Waals surface area contributed by atoms with Gasteiger partial charge in [0.05, 0.1) is 0 Å². The van der Waals surface area contributed by atoms with Gasteiger partial charge in [0.25, 0.3) is 0 Å². The molecule has 0 radical (unpaired) electrons. The summed E-state index contributed by atoms with van der Waals surface area (Å²) < 4.78 is 55.6. The van der Waals surface area contributed by atoms with Gasteiger partial charge in [-0.3, -0.25) is 0 Å². The monoisotopic (exact) mass is 682 g/mol. The maximum atomic E-state index is 15.6. The van der Waals surface area contributed by atoms with E-state index in [0.29, 0.717) is 0 Å². The van der Waals surface area contributed by atoms with Crippen molar-refractivity contribution >= 4 is 45.1 Å². The Hall–Kier alpha value is -3.65. The summed E-state index contributed by atoms with van der Waals surface area (Å²) in [6.07, 6.45) is -2.96. The van der Waals surface area contributed by atoms with Crippen LogP contribution in [0.15, 0.2) is 162 Å². The molecule has 0 N–H and O–H groups in total. The van der Waals surface area contributed by atoms with Crippen LogP contribution in [0.25, 0.3) is 0 Å². The van der Waals surface area contributed by atoms with E-state index in [0.717, 1.165) is 23.6 Å². The van der Waals surface area contributed by atoms with E-state index in [9.17, 15) is 0 Å². The average molecular weight is 681 g/mol. The minimum atomic E-state index is -4.54. The molecule has 0 spiro atoms. The van der Waals surface area contributed by atoms with Crippen LogP contribution in [-0.2, 0) is 4.43 Å². The van der Waals surface area contributed by atoms with Crippen molar-refractivity contribution in [1.29, 1.82) is 0 Å². The number of rotatable bonds is 10. The average Bonchev–Trinajstić information content (AvgIpc) is 3.05. The fraction of sp³-hybridized carbons (Fsp3) is 0.179. The van der Waals surface area contributed by atoms with Crippen molar-refractivity contribution in [3.05, 3.63) is 162 Å². The van der Waals surface area contributed by atoms with Gasteiger partial charge in [-0.25, -0.2) is 0 Å². The van der Waals surface area contributed by atoms with Crippen LogP contribution < -0.4 is 23.6 Å². The first-order valence-electron chi connectivity index (χ1n) is 15.3. The van der Waals surface area contributed by atoms with Gasteiger partial charge in [-0.15, -0.1) is 0 Å². The molecule has 230 valence electrons. The van der Waals surface area contributed by atoms with Crippen LogP contribution in [0.3, 0.4) is 0 Å². The van der Waals surface area contributed by atoms with E-state index in [-0.39, 0.29) is 18.1 Å². The minimum absolute atomic E-state index is 0.138. The second-order valence-corrected chi connectivity index (χ2v) is 24.5. The standard InChI is InChI=1S/C39H39F3GeOSi/c1-38(2,3)45(35-26-15-7-16-27-35,36-28-17-8-18-29-36)44-31-19-30-37(39(40,41)42)43(32-20-9-4-10-21-32,33-22-11-5-12-23-33)34-24-13-6-14-25-34/h4-18,20-30H,19,31H2,1-3H3/b37-30+. The van der Waals surface area contributed by atoms with Crippen LogP contribution in [0.1, 0.15) is 27.2 Å². The van der Waals surface area contributed by atoms with Gasteiger partial charge >= 0.3 is 270 Å². The van der Waals surface area contributed by atoms with Crippen molar-refractivity contribution in [3.8, 4) is 0 Å². The Labute approximate surface area is 268 Å². The molecule has 45 heavy (non-hydrogen) atoms. The van der Waals surface area contributed by atoms with Crippen molar-refractivity contribution < 1.29 is 17.6 Å². The molecule has 0 aromatic heterocycles. The number of hydrogen-bond acceptors (Lipinski definition) is 1. The molecule has 5 aromatic rings. The van der Waals surface area contributed by atoms with Crippen molar-refractivity contribution in [2.45, 2.75) is 38.4 Å². The molecule has 5 aromatic carbocycles. The summed E-state index contributed by atoms with van der Waals surface area (Å²) in [5, 5.41) is 1.94. The topological polar surface area (TPSA) is 9.23 Å². The molecular weight excluding hydrogens is 642 g/mol. The van der Waals surface area contributed by atoms with E-state index in [1.807, 2.05) is 127 Å². The van der Waals surface area contributed by atoms with Gasteiger partial charge in [0.1, 0.15) is 0 Å². The van der Waals surface area contributed by atoms with E-state index in [2.05, 4.69) is 45.0 Å². The number of benzene rings is 5. The molecule has 1 nitrogen and oxygen atoms in total. The normalized spacial score (nSPS) is 13.1. The number of alkyl halides is 3. The summed E-state index contributed by atoms with van der Waals surface area (Å²) in [6.45, 7) is 6.70. The molecule has 0 bridgehead atoms. The third-order valence-corrected chi connectivity index (χ3v) is 23.8. The van der Waals surface area contributed by atoms with Gasteiger partial charge in [-0.2, -0.15) is 0 Å². The summed E-state index contributed by atoms with van der Waals surface area (Å²) in [5.41, 5.74) is 0. The molecule has 0 amide bonds. The number of allylic oxidation sites excluding steroid dienone is 1. The SMILES string of the molecule is CC(C)(C)[Si](OCC/C=[C](\C(F)(F)F)[Ge]([c]1ccccc1)([c]1ccccc1)[c]1ccccc1)(c1ccccc1)c1ccccc1. The molecule has 5 rings (SSSR count). The van der Waals surface area contributed by atoms with Crippen molar-refractivity contribution in [3.63, 3.8) is 0 Å². The fourth-order valence-corrected chi connectivity index (χ4v) is 21.5. The molecule has 0 unspecified atom stereocenters. The first-order valence-corrected chi connectivity index (χ1v) is 21.4. The van der Waals surface area contributed by atoms with Crippen molar-refractivity contribution in [2.75, 3.05) is 6.61 Å². The fourth-order valence-electron chi connectivity index (χ4n) is 6.69. The first-order chi connectivity index (χ1) is 21.6. The number of hydrogen-bond donors (Lipinski definition) is 0. The Morgan fingerprint density at radius 1 is 0.578 bits per heavy atom. The summed E-state index contributed by atoms with van der Waals surface area (Å²) in [5.74, 6) is 0. The molecule has 0 aliphatic rings. The van der Waals surface area contributed by atoms with Crippen molar-refractivity contribution in [1.82, 2.24) is 0 Å². The Morgan fingerprint density at radius 3 is 1.22 bits per heavy atom. The summed E-state index contributed by atoms with van der Waals surface area (Å²) >= 11 is -4.52. The van der Waals surface area contributed by atoms with Crippen LogP contribution >= 0.6 is 0 Å². The Bertz CT molecular complexity index is 1530. The quantitative estimate of drug-likeness (QED) is 0.113. The molecule has 0 atom stereocenters. The van der Waals surface area contributed by atoms with E-state index in [4.69, 9.17) is 4.43 Å². The molecule has 0 heterocycles. The van der Waals surface area contributed by atoms with Crippen molar-refractivity contribution in [2.24, 2.45) is 0 Å². The van der Waals surface area contributed by atoms with Gasteiger partial charge in [0, 0.05) is 0 Å². The first kappa shape index (κ1) is 32.7. The number of halogens is 3. The second kappa shape index (κ2) is 13.8. The third kappa shape index (κ3) is 6.53. The van der Waals surface area contributed by atoms with Crippen LogP contribution in [0.4, 0.5) is 13.2 Å². The van der Waals surface area contributed by atoms with E-state index in [1.165, 1.54) is 6.08 Å². The van der Waals surface area contributed by atoms with Crippen LogP contribution in [0, 0.1) is 0 Å². The van der Waals surface area contributed by atoms with Gasteiger partial charge in [0.15, 0.2) is 0 Å². The molecular formula is C39H39F3GeOSi. The predicted molar refractivity (Wildman–Crippen MR) is 186 cm³/mol. The van der Waals surface area contributed by atoms with Crippen LogP contribution in [0.2, 0.25) is 5.04 Å². The Kier molecular flexibility index (Phi) is 10.0. The van der Waals surface area contributed by atoms with Gasteiger partial charge in [-0.05, 0) is 0 Å². The van der Waals surface area contributed by atoms with Gasteiger partial charge in [-0.1, -0.05) is 0 Å². The molecule has 0 fully saturated rings. The molecule has 0 saturated carbocycles. The Morgan fingerprint density at radius 2 is 0.911 bits per heavy atom. The maximum absolute atomic E-state index is 15.6. The van der Waals surface area contributed by atoms with Crippen LogP contribution in [-0.4, -0.2) is 34.4 Å². The molecule has 0 saturated heterocycles. The van der Waals surface area contributed by atoms with Gasteiger partial charge in [0.2, 0.25) is 0 Å². The van der Waals surface area contributed by atoms with E-state index in [1.54, 1.807) is 0 Å². The molecule has 0 aliphatic carbocycles. The zero-order chi connectivity index (χ0) is 32.0. The Balaban J connectivity index is 1.65.